The number of hydrogen-bond acceptors (Lipinski definition) is 5. The molecule has 0 radical (unpaired) electrons. The highest BCUT2D eigenvalue weighted by molar-refractivity contribution is 7.99. The Bertz CT molecular complexity index is 1060. The molecule has 0 spiro atoms. The summed E-state index contributed by atoms with van der Waals surface area (Å²) < 4.78 is 7.32. The van der Waals surface area contributed by atoms with Gasteiger partial charge in [-0.2, -0.15) is 0 Å². The van der Waals surface area contributed by atoms with E-state index in [0.717, 1.165) is 47.0 Å². The number of fused-ring (bicyclic) bond motifs is 1. The third-order valence-electron chi connectivity index (χ3n) is 5.29. The number of rotatable bonds is 9. The van der Waals surface area contributed by atoms with Gasteiger partial charge >= 0.3 is 0 Å². The van der Waals surface area contributed by atoms with Crippen LogP contribution in [0.5, 0.6) is 5.75 Å². The van der Waals surface area contributed by atoms with Crippen molar-refractivity contribution in [2.75, 3.05) is 32.5 Å². The highest BCUT2D eigenvalue weighted by Crippen LogP contribution is 2.28. The number of carbonyl (C=O) groups is 2. The number of nitrogens with zero attached hydrogens (tertiary/aromatic N) is 3. The summed E-state index contributed by atoms with van der Waals surface area (Å²) in [7, 11) is 1.64. The molecule has 162 valence electrons. The second-order valence-corrected chi connectivity index (χ2v) is 8.34. The Morgan fingerprint density at radius 3 is 2.74 bits per heavy atom. The Hall–Kier alpha value is -3.00. The Morgan fingerprint density at radius 1 is 1.19 bits per heavy atom. The molecular formula is C23H26N4O3S. The van der Waals surface area contributed by atoms with Crippen molar-refractivity contribution in [2.24, 2.45) is 0 Å². The SMILES string of the molecule is COc1ccc(-n2c(SCC(=O)NCCCN3CCCC3=O)nc3ccccc32)cc1. The number of likely N-dealkylation sites (tertiary alicyclic amines) is 1. The summed E-state index contributed by atoms with van der Waals surface area (Å²) in [5, 5.41) is 3.72. The molecule has 0 aliphatic carbocycles. The molecule has 0 unspecified atom stereocenters. The summed E-state index contributed by atoms with van der Waals surface area (Å²) in [6.45, 7) is 2.11. The topological polar surface area (TPSA) is 76.5 Å². The first-order valence-corrected chi connectivity index (χ1v) is 11.4. The standard InChI is InChI=1S/C23H26N4O3S/c1-30-18-11-9-17(10-12-18)27-20-7-3-2-6-19(20)25-23(27)31-16-21(28)24-13-5-15-26-14-4-8-22(26)29/h2-3,6-7,9-12H,4-5,8,13-16H2,1H3,(H,24,28). The van der Waals surface area contributed by atoms with Crippen LogP contribution in [0.3, 0.4) is 0 Å². The minimum absolute atomic E-state index is 0.0360. The van der Waals surface area contributed by atoms with Gasteiger partial charge < -0.3 is 15.0 Å². The Kier molecular flexibility index (Phi) is 6.76. The van der Waals surface area contributed by atoms with Crippen LogP contribution in [-0.4, -0.2) is 58.8 Å². The fraction of sp³-hybridized carbons (Fsp3) is 0.348. The zero-order valence-electron chi connectivity index (χ0n) is 17.5. The lowest BCUT2D eigenvalue weighted by atomic mass is 10.2. The van der Waals surface area contributed by atoms with Crippen LogP contribution in [-0.2, 0) is 9.59 Å². The summed E-state index contributed by atoms with van der Waals surface area (Å²) in [5.41, 5.74) is 2.84. The largest absolute Gasteiger partial charge is 0.497 e. The second-order valence-electron chi connectivity index (χ2n) is 7.39. The van der Waals surface area contributed by atoms with Gasteiger partial charge in [-0.1, -0.05) is 23.9 Å². The molecule has 1 aliphatic rings. The molecule has 2 aromatic carbocycles. The zero-order valence-corrected chi connectivity index (χ0v) is 18.4. The summed E-state index contributed by atoms with van der Waals surface area (Å²) in [6, 6.07) is 15.7. The monoisotopic (exact) mass is 438 g/mol. The van der Waals surface area contributed by atoms with Gasteiger partial charge in [0.2, 0.25) is 11.8 Å². The molecule has 2 heterocycles. The first-order valence-electron chi connectivity index (χ1n) is 10.4. The average molecular weight is 439 g/mol. The van der Waals surface area contributed by atoms with Gasteiger partial charge in [-0.25, -0.2) is 4.98 Å². The lowest BCUT2D eigenvalue weighted by molar-refractivity contribution is -0.127. The molecule has 8 heteroatoms. The van der Waals surface area contributed by atoms with Crippen LogP contribution < -0.4 is 10.1 Å². The minimum Gasteiger partial charge on any atom is -0.497 e. The van der Waals surface area contributed by atoms with Gasteiger partial charge in [0.1, 0.15) is 5.75 Å². The van der Waals surface area contributed by atoms with Crippen LogP contribution in [0.4, 0.5) is 0 Å². The van der Waals surface area contributed by atoms with Crippen LogP contribution in [0, 0.1) is 0 Å². The lowest BCUT2D eigenvalue weighted by Crippen LogP contribution is -2.31. The maximum atomic E-state index is 12.4. The third kappa shape index (κ3) is 5.02. The van der Waals surface area contributed by atoms with Gasteiger partial charge in [-0.15, -0.1) is 0 Å². The molecule has 0 bridgehead atoms. The van der Waals surface area contributed by atoms with Crippen molar-refractivity contribution in [3.63, 3.8) is 0 Å². The van der Waals surface area contributed by atoms with Gasteiger partial charge in [0.05, 0.1) is 23.9 Å². The lowest BCUT2D eigenvalue weighted by Gasteiger charge is -2.15. The fourth-order valence-electron chi connectivity index (χ4n) is 3.70. The van der Waals surface area contributed by atoms with E-state index in [-0.39, 0.29) is 17.6 Å². The van der Waals surface area contributed by atoms with Gasteiger partial charge in [0.15, 0.2) is 5.16 Å². The van der Waals surface area contributed by atoms with Gasteiger partial charge in [-0.3, -0.25) is 14.2 Å². The number of imidazole rings is 1. The Morgan fingerprint density at radius 2 is 2.00 bits per heavy atom. The van der Waals surface area contributed by atoms with Crippen molar-refractivity contribution >= 4 is 34.6 Å². The third-order valence-corrected chi connectivity index (χ3v) is 6.23. The number of benzene rings is 2. The predicted octanol–water partition coefficient (Wildman–Crippen LogP) is 3.25. The number of nitrogens with one attached hydrogen (secondary N) is 1. The van der Waals surface area contributed by atoms with Crippen LogP contribution in [0.2, 0.25) is 0 Å². The maximum absolute atomic E-state index is 12.4. The van der Waals surface area contributed by atoms with Crippen LogP contribution in [0.25, 0.3) is 16.7 Å². The van der Waals surface area contributed by atoms with Crippen LogP contribution in [0.15, 0.2) is 53.7 Å². The molecule has 7 nitrogen and oxygen atoms in total. The fourth-order valence-corrected chi connectivity index (χ4v) is 4.56. The number of carbonyl (C=O) groups excluding carboxylic acids is 2. The first kappa shape index (κ1) is 21.2. The molecule has 1 N–H and O–H groups in total. The second kappa shape index (κ2) is 9.87. The van der Waals surface area contributed by atoms with E-state index >= 15 is 0 Å². The molecule has 0 saturated carbocycles. The van der Waals surface area contributed by atoms with Gasteiger partial charge in [0, 0.05) is 31.7 Å². The van der Waals surface area contributed by atoms with Crippen molar-refractivity contribution in [1.29, 1.82) is 0 Å². The summed E-state index contributed by atoms with van der Waals surface area (Å²) >= 11 is 1.41. The number of thioether (sulfide) groups is 1. The Labute approximate surface area is 185 Å². The molecule has 1 fully saturated rings. The first-order chi connectivity index (χ1) is 15.2. The molecule has 31 heavy (non-hydrogen) atoms. The highest BCUT2D eigenvalue weighted by Gasteiger charge is 2.19. The minimum atomic E-state index is -0.0360. The van der Waals surface area contributed by atoms with E-state index in [4.69, 9.17) is 9.72 Å². The van der Waals surface area contributed by atoms with Crippen molar-refractivity contribution < 1.29 is 14.3 Å². The smallest absolute Gasteiger partial charge is 0.230 e. The molecule has 4 rings (SSSR count). The van der Waals surface area contributed by atoms with Gasteiger partial charge in [-0.05, 0) is 49.2 Å². The molecular weight excluding hydrogens is 412 g/mol. The molecule has 0 atom stereocenters. The van der Waals surface area contributed by atoms with E-state index in [9.17, 15) is 9.59 Å². The number of aromatic nitrogens is 2. The van der Waals surface area contributed by atoms with Crippen molar-refractivity contribution in [2.45, 2.75) is 24.4 Å². The van der Waals surface area contributed by atoms with E-state index in [2.05, 4.69) is 9.88 Å². The van der Waals surface area contributed by atoms with E-state index < -0.39 is 0 Å². The summed E-state index contributed by atoms with van der Waals surface area (Å²) in [6.07, 6.45) is 2.36. The van der Waals surface area contributed by atoms with E-state index in [1.807, 2.05) is 53.4 Å². The molecule has 1 saturated heterocycles. The average Bonchev–Trinajstić information content (AvgIpc) is 3.38. The number of para-hydroxylation sites is 2. The normalized spacial score (nSPS) is 13.7. The number of hydrogen-bond donors (Lipinski definition) is 1. The highest BCUT2D eigenvalue weighted by atomic mass is 32.2. The van der Waals surface area contributed by atoms with Crippen molar-refractivity contribution in [3.8, 4) is 11.4 Å². The maximum Gasteiger partial charge on any atom is 0.230 e. The van der Waals surface area contributed by atoms with E-state index in [1.54, 1.807) is 7.11 Å². The number of methoxy groups -OCH3 is 1. The summed E-state index contributed by atoms with van der Waals surface area (Å²) in [4.78, 5) is 30.6. The molecule has 2 amide bonds. The van der Waals surface area contributed by atoms with Gasteiger partial charge in [0.25, 0.3) is 0 Å². The zero-order chi connectivity index (χ0) is 21.6. The molecule has 1 aromatic heterocycles. The Balaban J connectivity index is 1.38. The molecule has 1 aliphatic heterocycles. The quantitative estimate of drug-likeness (QED) is 0.410. The van der Waals surface area contributed by atoms with E-state index in [0.29, 0.717) is 19.5 Å². The van der Waals surface area contributed by atoms with Crippen molar-refractivity contribution in [1.82, 2.24) is 19.8 Å². The molecule has 3 aromatic rings. The number of ether oxygens (including phenoxy) is 1. The predicted molar refractivity (Wildman–Crippen MR) is 122 cm³/mol. The number of amides is 2. The van der Waals surface area contributed by atoms with Crippen LogP contribution in [0.1, 0.15) is 19.3 Å². The summed E-state index contributed by atoms with van der Waals surface area (Å²) in [5.74, 6) is 1.25. The van der Waals surface area contributed by atoms with Crippen LogP contribution >= 0.6 is 11.8 Å². The van der Waals surface area contributed by atoms with E-state index in [1.165, 1.54) is 11.8 Å². The van der Waals surface area contributed by atoms with Crippen molar-refractivity contribution in [3.05, 3.63) is 48.5 Å².